The third kappa shape index (κ3) is 3.64. The summed E-state index contributed by atoms with van der Waals surface area (Å²) in [5.74, 6) is 0.942. The van der Waals surface area contributed by atoms with E-state index in [0.717, 1.165) is 38.0 Å². The van der Waals surface area contributed by atoms with Crippen molar-refractivity contribution in [2.45, 2.75) is 56.9 Å². The number of carbonyl (C=O) groups excluding carboxylic acids is 2. The van der Waals surface area contributed by atoms with Gasteiger partial charge in [-0.15, -0.1) is 0 Å². The molecule has 0 unspecified atom stereocenters. The largest absolute Gasteiger partial charge is 0.467 e. The Morgan fingerprint density at radius 1 is 1.15 bits per heavy atom. The fraction of sp³-hybridized carbons (Fsp3) is 0.684. The van der Waals surface area contributed by atoms with Gasteiger partial charge in [0.05, 0.1) is 25.0 Å². The SMILES string of the molecule is O=C(NCc1ccco1)[C@@H]1CC[C@H]2[C@H](CCN2C(=O)C2CCOCC2)O1. The topological polar surface area (TPSA) is 81.0 Å². The monoisotopic (exact) mass is 362 g/mol. The molecule has 3 atom stereocenters. The number of hydrogen-bond donors (Lipinski definition) is 1. The second-order valence-corrected chi connectivity index (χ2v) is 7.31. The number of nitrogens with one attached hydrogen (secondary N) is 1. The third-order valence-corrected chi connectivity index (χ3v) is 5.71. The van der Waals surface area contributed by atoms with E-state index in [-0.39, 0.29) is 29.9 Å². The molecule has 1 aromatic heterocycles. The number of carbonyl (C=O) groups is 2. The van der Waals surface area contributed by atoms with Gasteiger partial charge in [-0.05, 0) is 44.2 Å². The summed E-state index contributed by atoms with van der Waals surface area (Å²) in [6, 6.07) is 3.74. The molecule has 4 heterocycles. The van der Waals surface area contributed by atoms with Crippen molar-refractivity contribution < 1.29 is 23.5 Å². The number of amides is 2. The van der Waals surface area contributed by atoms with E-state index < -0.39 is 6.10 Å². The van der Waals surface area contributed by atoms with Crippen molar-refractivity contribution in [3.05, 3.63) is 24.2 Å². The van der Waals surface area contributed by atoms with Crippen LogP contribution in [0.3, 0.4) is 0 Å². The van der Waals surface area contributed by atoms with E-state index in [4.69, 9.17) is 13.9 Å². The van der Waals surface area contributed by atoms with E-state index in [9.17, 15) is 9.59 Å². The Morgan fingerprint density at radius 2 is 2.00 bits per heavy atom. The van der Waals surface area contributed by atoms with Gasteiger partial charge >= 0.3 is 0 Å². The van der Waals surface area contributed by atoms with E-state index in [1.165, 1.54) is 0 Å². The van der Waals surface area contributed by atoms with Crippen LogP contribution in [-0.4, -0.2) is 54.7 Å². The highest BCUT2D eigenvalue weighted by atomic mass is 16.5. The molecule has 0 bridgehead atoms. The first-order valence-corrected chi connectivity index (χ1v) is 9.56. The van der Waals surface area contributed by atoms with Crippen LogP contribution in [0, 0.1) is 5.92 Å². The summed E-state index contributed by atoms with van der Waals surface area (Å²) < 4.78 is 16.6. The Hall–Kier alpha value is -1.86. The molecule has 7 nitrogen and oxygen atoms in total. The standard InChI is InChI=1S/C19H26N2O5/c22-18(20-12-14-2-1-9-25-14)17-4-3-15-16(26-17)5-8-21(15)19(23)13-6-10-24-11-7-13/h1-2,9,13,15-17H,3-8,10-12H2,(H,20,22)/t15-,16-,17-/m0/s1. The highest BCUT2D eigenvalue weighted by Crippen LogP contribution is 2.33. The number of likely N-dealkylation sites (tertiary alicyclic amines) is 1. The Kier molecular flexibility index (Phi) is 5.26. The molecule has 3 fully saturated rings. The molecule has 0 saturated carbocycles. The molecule has 0 aromatic carbocycles. The van der Waals surface area contributed by atoms with Gasteiger partial charge in [0.2, 0.25) is 11.8 Å². The summed E-state index contributed by atoms with van der Waals surface area (Å²) in [5, 5.41) is 2.87. The summed E-state index contributed by atoms with van der Waals surface area (Å²) in [5.41, 5.74) is 0. The van der Waals surface area contributed by atoms with Gasteiger partial charge < -0.3 is 24.1 Å². The van der Waals surface area contributed by atoms with E-state index in [2.05, 4.69) is 5.32 Å². The zero-order chi connectivity index (χ0) is 17.9. The second kappa shape index (κ2) is 7.80. The Balaban J connectivity index is 1.30. The van der Waals surface area contributed by atoms with Crippen LogP contribution in [0.25, 0.3) is 0 Å². The first kappa shape index (κ1) is 17.5. The molecule has 0 aliphatic carbocycles. The lowest BCUT2D eigenvalue weighted by Gasteiger charge is -2.37. The fourth-order valence-corrected chi connectivity index (χ4v) is 4.27. The maximum Gasteiger partial charge on any atom is 0.249 e. The highest BCUT2D eigenvalue weighted by Gasteiger charge is 2.44. The minimum absolute atomic E-state index is 0.0353. The maximum absolute atomic E-state index is 12.8. The molecule has 0 radical (unpaired) electrons. The highest BCUT2D eigenvalue weighted by molar-refractivity contribution is 5.81. The zero-order valence-electron chi connectivity index (χ0n) is 14.9. The molecule has 3 saturated heterocycles. The van der Waals surface area contributed by atoms with Crippen molar-refractivity contribution >= 4 is 11.8 Å². The van der Waals surface area contributed by atoms with Gasteiger partial charge in [-0.25, -0.2) is 0 Å². The van der Waals surface area contributed by atoms with Gasteiger partial charge in [-0.2, -0.15) is 0 Å². The molecule has 3 aliphatic heterocycles. The average molecular weight is 362 g/mol. The van der Waals surface area contributed by atoms with Crippen LogP contribution < -0.4 is 5.32 Å². The predicted octanol–water partition coefficient (Wildman–Crippen LogP) is 1.47. The second-order valence-electron chi connectivity index (χ2n) is 7.31. The van der Waals surface area contributed by atoms with Gasteiger partial charge in [0.15, 0.2) is 0 Å². The van der Waals surface area contributed by atoms with Gasteiger partial charge in [-0.1, -0.05) is 0 Å². The molecular weight excluding hydrogens is 336 g/mol. The van der Waals surface area contributed by atoms with E-state index in [0.29, 0.717) is 26.2 Å². The maximum atomic E-state index is 12.8. The number of ether oxygens (including phenoxy) is 2. The van der Waals surface area contributed by atoms with Gasteiger partial charge in [0.1, 0.15) is 11.9 Å². The van der Waals surface area contributed by atoms with Crippen molar-refractivity contribution in [3.8, 4) is 0 Å². The molecular formula is C19H26N2O5. The number of hydrogen-bond acceptors (Lipinski definition) is 5. The molecule has 142 valence electrons. The lowest BCUT2D eigenvalue weighted by atomic mass is 9.95. The first-order chi connectivity index (χ1) is 12.7. The van der Waals surface area contributed by atoms with Crippen LogP contribution in [0.1, 0.15) is 37.9 Å². The first-order valence-electron chi connectivity index (χ1n) is 9.56. The van der Waals surface area contributed by atoms with Gasteiger partial charge in [0, 0.05) is 25.7 Å². The van der Waals surface area contributed by atoms with E-state index in [1.807, 2.05) is 11.0 Å². The summed E-state index contributed by atoms with van der Waals surface area (Å²) in [6.45, 7) is 2.44. The van der Waals surface area contributed by atoms with Crippen molar-refractivity contribution in [1.29, 1.82) is 0 Å². The van der Waals surface area contributed by atoms with Crippen molar-refractivity contribution in [2.24, 2.45) is 5.92 Å². The zero-order valence-corrected chi connectivity index (χ0v) is 14.9. The van der Waals surface area contributed by atoms with Crippen LogP contribution in [0.15, 0.2) is 22.8 Å². The number of fused-ring (bicyclic) bond motifs is 1. The van der Waals surface area contributed by atoms with Crippen LogP contribution in [0.5, 0.6) is 0 Å². The van der Waals surface area contributed by atoms with Gasteiger partial charge in [0.25, 0.3) is 0 Å². The minimum atomic E-state index is -0.440. The van der Waals surface area contributed by atoms with E-state index in [1.54, 1.807) is 12.3 Å². The smallest absolute Gasteiger partial charge is 0.249 e. The molecule has 1 N–H and O–H groups in total. The summed E-state index contributed by atoms with van der Waals surface area (Å²) in [7, 11) is 0. The summed E-state index contributed by atoms with van der Waals surface area (Å²) in [6.07, 6.45) is 5.00. The molecule has 1 aromatic rings. The predicted molar refractivity (Wildman–Crippen MR) is 92.1 cm³/mol. The number of nitrogens with zero attached hydrogens (tertiary/aromatic N) is 1. The van der Waals surface area contributed by atoms with E-state index >= 15 is 0 Å². The molecule has 0 spiro atoms. The lowest BCUT2D eigenvalue weighted by Crippen LogP contribution is -2.50. The number of rotatable bonds is 4. The van der Waals surface area contributed by atoms with Crippen LogP contribution in [-0.2, 0) is 25.6 Å². The molecule has 7 heteroatoms. The van der Waals surface area contributed by atoms with Crippen LogP contribution in [0.4, 0.5) is 0 Å². The molecule has 4 rings (SSSR count). The van der Waals surface area contributed by atoms with Gasteiger partial charge in [-0.3, -0.25) is 9.59 Å². The summed E-state index contributed by atoms with van der Waals surface area (Å²) in [4.78, 5) is 27.2. The Labute approximate surface area is 153 Å². The number of furan rings is 1. The normalized spacial score (nSPS) is 29.4. The van der Waals surface area contributed by atoms with Crippen molar-refractivity contribution in [2.75, 3.05) is 19.8 Å². The third-order valence-electron chi connectivity index (χ3n) is 5.71. The Bertz CT molecular complexity index is 626. The lowest BCUT2D eigenvalue weighted by molar-refractivity contribution is -0.150. The fourth-order valence-electron chi connectivity index (χ4n) is 4.27. The van der Waals surface area contributed by atoms with Crippen molar-refractivity contribution in [3.63, 3.8) is 0 Å². The van der Waals surface area contributed by atoms with Crippen molar-refractivity contribution in [1.82, 2.24) is 10.2 Å². The van der Waals surface area contributed by atoms with Crippen LogP contribution in [0.2, 0.25) is 0 Å². The minimum Gasteiger partial charge on any atom is -0.467 e. The Morgan fingerprint density at radius 3 is 2.77 bits per heavy atom. The molecule has 2 amide bonds. The molecule has 3 aliphatic rings. The summed E-state index contributed by atoms with van der Waals surface area (Å²) >= 11 is 0. The molecule has 26 heavy (non-hydrogen) atoms. The average Bonchev–Trinajstić information content (AvgIpc) is 3.35. The van der Waals surface area contributed by atoms with Crippen LogP contribution >= 0.6 is 0 Å². The quantitative estimate of drug-likeness (QED) is 0.877.